The molecular formula is C9H15FO. The van der Waals surface area contributed by atoms with Crippen molar-refractivity contribution in [1.82, 2.24) is 0 Å². The van der Waals surface area contributed by atoms with E-state index in [1.165, 1.54) is 6.92 Å². The van der Waals surface area contributed by atoms with E-state index in [4.69, 9.17) is 4.74 Å². The van der Waals surface area contributed by atoms with Crippen LogP contribution in [0.25, 0.3) is 0 Å². The first-order chi connectivity index (χ1) is 4.79. The van der Waals surface area contributed by atoms with Crippen molar-refractivity contribution in [3.8, 4) is 0 Å². The quantitative estimate of drug-likeness (QED) is 0.526. The number of alkyl halides is 1. The molecule has 1 heterocycles. The molecular weight excluding hydrogens is 143 g/mol. The zero-order chi connectivity index (χ0) is 8.86. The first-order valence-corrected chi connectivity index (χ1v) is 3.85. The summed E-state index contributed by atoms with van der Waals surface area (Å²) in [7, 11) is 0. The smallest absolute Gasteiger partial charge is 0.253 e. The molecule has 0 aliphatic carbocycles. The van der Waals surface area contributed by atoms with Crippen molar-refractivity contribution in [1.29, 1.82) is 0 Å². The van der Waals surface area contributed by atoms with Crippen molar-refractivity contribution in [2.45, 2.75) is 40.5 Å². The fourth-order valence-electron chi connectivity index (χ4n) is 1.27. The van der Waals surface area contributed by atoms with Crippen LogP contribution in [0.3, 0.4) is 0 Å². The zero-order valence-corrected chi connectivity index (χ0v) is 7.79. The second-order valence-corrected chi connectivity index (χ2v) is 3.83. The molecule has 1 aliphatic rings. The molecule has 1 unspecified atom stereocenters. The third-order valence-electron chi connectivity index (χ3n) is 2.93. The van der Waals surface area contributed by atoms with Crippen LogP contribution in [0.5, 0.6) is 0 Å². The number of ether oxygens (including phenoxy) is 1. The van der Waals surface area contributed by atoms with Crippen LogP contribution in [-0.2, 0) is 4.74 Å². The Labute approximate surface area is 67.2 Å². The van der Waals surface area contributed by atoms with Crippen LogP contribution >= 0.6 is 0 Å². The monoisotopic (exact) mass is 158 g/mol. The van der Waals surface area contributed by atoms with Gasteiger partial charge in [-0.3, -0.25) is 0 Å². The number of allylic oxidation sites excluding steroid dienone is 1. The summed E-state index contributed by atoms with van der Waals surface area (Å²) in [6, 6.07) is 0. The summed E-state index contributed by atoms with van der Waals surface area (Å²) in [5, 5.41) is 0. The lowest BCUT2D eigenvalue weighted by Crippen LogP contribution is -2.35. The van der Waals surface area contributed by atoms with Gasteiger partial charge < -0.3 is 4.74 Å². The predicted octanol–water partition coefficient (Wildman–Crippen LogP) is 3.02. The Morgan fingerprint density at radius 1 is 1.18 bits per heavy atom. The number of hydrogen-bond donors (Lipinski definition) is 0. The number of halogens is 1. The molecule has 0 bridgehead atoms. The minimum absolute atomic E-state index is 0.489. The largest absolute Gasteiger partial charge is 0.462 e. The van der Waals surface area contributed by atoms with Crippen molar-refractivity contribution in [2.24, 2.45) is 5.41 Å². The van der Waals surface area contributed by atoms with E-state index in [0.717, 1.165) is 11.3 Å². The molecule has 0 radical (unpaired) electrons. The van der Waals surface area contributed by atoms with Gasteiger partial charge in [-0.25, -0.2) is 0 Å². The van der Waals surface area contributed by atoms with Crippen LogP contribution < -0.4 is 0 Å². The van der Waals surface area contributed by atoms with E-state index < -0.39 is 11.3 Å². The number of rotatable bonds is 0. The Morgan fingerprint density at radius 2 is 1.64 bits per heavy atom. The molecule has 1 nitrogen and oxygen atoms in total. The summed E-state index contributed by atoms with van der Waals surface area (Å²) >= 11 is 0. The van der Waals surface area contributed by atoms with Crippen LogP contribution in [0.1, 0.15) is 34.6 Å². The van der Waals surface area contributed by atoms with Gasteiger partial charge in [-0.2, -0.15) is 4.39 Å². The van der Waals surface area contributed by atoms with Crippen molar-refractivity contribution in [3.05, 3.63) is 11.3 Å². The molecule has 1 rings (SSSR count). The van der Waals surface area contributed by atoms with Crippen molar-refractivity contribution >= 4 is 0 Å². The molecule has 0 aromatic rings. The van der Waals surface area contributed by atoms with Crippen LogP contribution in [0.15, 0.2) is 11.3 Å². The van der Waals surface area contributed by atoms with E-state index in [1.807, 2.05) is 27.7 Å². The van der Waals surface area contributed by atoms with Gasteiger partial charge in [-0.15, -0.1) is 0 Å². The van der Waals surface area contributed by atoms with Crippen LogP contribution in [0, 0.1) is 5.41 Å². The molecule has 2 heteroatoms. The highest BCUT2D eigenvalue weighted by Crippen LogP contribution is 2.49. The zero-order valence-electron chi connectivity index (χ0n) is 7.79. The van der Waals surface area contributed by atoms with Gasteiger partial charge in [0.05, 0.1) is 11.2 Å². The van der Waals surface area contributed by atoms with Crippen molar-refractivity contribution in [2.75, 3.05) is 0 Å². The fourth-order valence-corrected chi connectivity index (χ4v) is 1.27. The normalized spacial score (nSPS) is 35.8. The summed E-state index contributed by atoms with van der Waals surface area (Å²) < 4.78 is 18.7. The van der Waals surface area contributed by atoms with Gasteiger partial charge in [0.25, 0.3) is 5.85 Å². The molecule has 0 saturated carbocycles. The Kier molecular flexibility index (Phi) is 1.55. The van der Waals surface area contributed by atoms with Crippen LogP contribution in [0.4, 0.5) is 4.39 Å². The maximum Gasteiger partial charge on any atom is 0.253 e. The Bertz CT molecular complexity index is 214. The SMILES string of the molecule is CC1=C(C)C(C)(C)C(C)(F)O1. The Balaban J connectivity index is 3.08. The highest BCUT2D eigenvalue weighted by atomic mass is 19.2. The average molecular weight is 158 g/mol. The van der Waals surface area contributed by atoms with Gasteiger partial charge in [0.1, 0.15) is 0 Å². The van der Waals surface area contributed by atoms with Gasteiger partial charge >= 0.3 is 0 Å². The maximum absolute atomic E-state index is 13.6. The summed E-state index contributed by atoms with van der Waals surface area (Å²) in [5.74, 6) is -0.818. The van der Waals surface area contributed by atoms with Gasteiger partial charge in [0.15, 0.2) is 0 Å². The second-order valence-electron chi connectivity index (χ2n) is 3.83. The lowest BCUT2D eigenvalue weighted by molar-refractivity contribution is -0.135. The molecule has 1 atom stereocenters. The molecule has 64 valence electrons. The summed E-state index contributed by atoms with van der Waals surface area (Å²) in [5.41, 5.74) is 0.513. The highest BCUT2D eigenvalue weighted by molar-refractivity contribution is 5.22. The average Bonchev–Trinajstić information content (AvgIpc) is 1.93. The van der Waals surface area contributed by atoms with E-state index in [-0.39, 0.29) is 0 Å². The topological polar surface area (TPSA) is 9.23 Å². The van der Waals surface area contributed by atoms with E-state index in [2.05, 4.69) is 0 Å². The fraction of sp³-hybridized carbons (Fsp3) is 0.778. The third kappa shape index (κ3) is 0.959. The molecule has 0 saturated heterocycles. The van der Waals surface area contributed by atoms with Gasteiger partial charge in [0, 0.05) is 6.92 Å². The van der Waals surface area contributed by atoms with Gasteiger partial charge in [-0.1, -0.05) is 0 Å². The molecule has 11 heavy (non-hydrogen) atoms. The highest BCUT2D eigenvalue weighted by Gasteiger charge is 2.50. The van der Waals surface area contributed by atoms with Gasteiger partial charge in [-0.05, 0) is 33.3 Å². The number of hydrogen-bond acceptors (Lipinski definition) is 1. The third-order valence-corrected chi connectivity index (χ3v) is 2.93. The molecule has 0 aromatic heterocycles. The van der Waals surface area contributed by atoms with E-state index in [1.54, 1.807) is 0 Å². The summed E-state index contributed by atoms with van der Waals surface area (Å²) in [6.07, 6.45) is 0. The van der Waals surface area contributed by atoms with E-state index >= 15 is 0 Å². The molecule has 0 N–H and O–H groups in total. The van der Waals surface area contributed by atoms with Crippen LogP contribution in [-0.4, -0.2) is 5.85 Å². The molecule has 1 aliphatic heterocycles. The van der Waals surface area contributed by atoms with Crippen molar-refractivity contribution in [3.63, 3.8) is 0 Å². The minimum Gasteiger partial charge on any atom is -0.462 e. The van der Waals surface area contributed by atoms with E-state index in [9.17, 15) is 4.39 Å². The van der Waals surface area contributed by atoms with E-state index in [0.29, 0.717) is 0 Å². The lowest BCUT2D eigenvalue weighted by atomic mass is 9.80. The van der Waals surface area contributed by atoms with Crippen LogP contribution in [0.2, 0.25) is 0 Å². The summed E-state index contributed by atoms with van der Waals surface area (Å²) in [6.45, 7) is 8.92. The maximum atomic E-state index is 13.6. The Hall–Kier alpha value is -0.530. The van der Waals surface area contributed by atoms with Crippen molar-refractivity contribution < 1.29 is 9.13 Å². The predicted molar refractivity (Wildman–Crippen MR) is 42.8 cm³/mol. The summed E-state index contributed by atoms with van der Waals surface area (Å²) in [4.78, 5) is 0. The molecule has 0 fully saturated rings. The molecule has 0 spiro atoms. The van der Waals surface area contributed by atoms with Gasteiger partial charge in [0.2, 0.25) is 0 Å². The lowest BCUT2D eigenvalue weighted by Gasteiger charge is -2.30. The first kappa shape index (κ1) is 8.57. The standard InChI is InChI=1S/C9H15FO/c1-6-7(2)11-9(5,10)8(6,3)4/h1-5H3. The Morgan fingerprint density at radius 3 is 1.73 bits per heavy atom. The first-order valence-electron chi connectivity index (χ1n) is 3.85. The second kappa shape index (κ2) is 1.99. The molecule has 0 aromatic carbocycles. The minimum atomic E-state index is -1.54. The molecule has 0 amide bonds.